The predicted octanol–water partition coefficient (Wildman–Crippen LogP) is 2.81. The Morgan fingerprint density at radius 3 is 2.81 bits per heavy atom. The lowest BCUT2D eigenvalue weighted by Crippen LogP contribution is -2.42. The van der Waals surface area contributed by atoms with E-state index in [1.807, 2.05) is 12.1 Å². The molecule has 1 aliphatic carbocycles. The minimum Gasteiger partial charge on any atom is -0.297 e. The van der Waals surface area contributed by atoms with Crippen LogP contribution >= 0.6 is 12.6 Å². The molecule has 1 aromatic heterocycles. The monoisotopic (exact) mass is 458 g/mol. The molecule has 2 aliphatic rings. The van der Waals surface area contributed by atoms with Crippen molar-refractivity contribution in [2.24, 2.45) is 5.92 Å². The summed E-state index contributed by atoms with van der Waals surface area (Å²) in [5, 5.41) is 4.44. The van der Waals surface area contributed by atoms with Gasteiger partial charge in [-0.3, -0.25) is 24.0 Å². The van der Waals surface area contributed by atoms with Crippen molar-refractivity contribution in [3.05, 3.63) is 59.2 Å². The van der Waals surface area contributed by atoms with Crippen LogP contribution in [0, 0.1) is 11.7 Å². The average molecular weight is 459 g/mol. The molecule has 9 heteroatoms. The maximum absolute atomic E-state index is 14.7. The number of carbonyl (C=O) groups is 2. The molecular weight excluding hydrogens is 431 g/mol. The van der Waals surface area contributed by atoms with Gasteiger partial charge in [0, 0.05) is 36.0 Å². The molecule has 0 bridgehead atoms. The number of aromatic nitrogens is 2. The van der Waals surface area contributed by atoms with Gasteiger partial charge in [-0.05, 0) is 43.0 Å². The smallest absolute Gasteiger partial charge is 0.265 e. The normalized spacial score (nSPS) is 21.5. The Bertz CT molecular complexity index is 1020. The zero-order chi connectivity index (χ0) is 22.7. The van der Waals surface area contributed by atoms with Crippen molar-refractivity contribution in [1.29, 1.82) is 0 Å². The molecule has 1 N–H and O–H groups in total. The van der Waals surface area contributed by atoms with Gasteiger partial charge >= 0.3 is 0 Å². The van der Waals surface area contributed by atoms with E-state index in [9.17, 15) is 14.0 Å². The number of rotatable bonds is 8. The van der Waals surface area contributed by atoms with E-state index < -0.39 is 6.04 Å². The number of hydrogen-bond acceptors (Lipinski definition) is 6. The van der Waals surface area contributed by atoms with Gasteiger partial charge in [0.2, 0.25) is 0 Å². The van der Waals surface area contributed by atoms with Crippen molar-refractivity contribution in [3.63, 3.8) is 0 Å². The van der Waals surface area contributed by atoms with E-state index in [1.54, 1.807) is 24.4 Å². The van der Waals surface area contributed by atoms with Gasteiger partial charge in [0.05, 0.1) is 18.8 Å². The summed E-state index contributed by atoms with van der Waals surface area (Å²) in [6.07, 6.45) is 6.16. The van der Waals surface area contributed by atoms with E-state index in [1.165, 1.54) is 17.9 Å². The molecule has 0 radical (unpaired) electrons. The lowest BCUT2D eigenvalue weighted by Gasteiger charge is -2.37. The number of likely N-dealkylation sites (tertiary alicyclic amines) is 1. The molecule has 1 aliphatic heterocycles. The van der Waals surface area contributed by atoms with Gasteiger partial charge in [-0.15, -0.1) is 0 Å². The molecule has 1 saturated carbocycles. The van der Waals surface area contributed by atoms with Crippen LogP contribution in [0.15, 0.2) is 42.1 Å². The van der Waals surface area contributed by atoms with Crippen LogP contribution in [0.25, 0.3) is 6.08 Å². The quantitative estimate of drug-likeness (QED) is 0.470. The van der Waals surface area contributed by atoms with Crippen LogP contribution in [0.4, 0.5) is 4.39 Å². The summed E-state index contributed by atoms with van der Waals surface area (Å²) >= 11 is 4.73. The summed E-state index contributed by atoms with van der Waals surface area (Å²) in [7, 11) is 1.38. The number of ketones is 1. The summed E-state index contributed by atoms with van der Waals surface area (Å²) in [5.41, 5.74) is 4.40. The number of thiol groups is 1. The highest BCUT2D eigenvalue weighted by atomic mass is 32.1. The van der Waals surface area contributed by atoms with Gasteiger partial charge in [0.15, 0.2) is 5.78 Å². The second kappa shape index (κ2) is 9.97. The van der Waals surface area contributed by atoms with Gasteiger partial charge in [-0.25, -0.2) is 9.87 Å². The third-order valence-electron chi connectivity index (χ3n) is 5.83. The molecule has 7 nitrogen and oxygen atoms in total. The molecule has 32 heavy (non-hydrogen) atoms. The van der Waals surface area contributed by atoms with Crippen LogP contribution in [0.1, 0.15) is 36.6 Å². The number of halogens is 1. The molecule has 1 saturated heterocycles. The molecule has 0 spiro atoms. The fraction of sp³-hybridized carbons (Fsp3) is 0.435. The lowest BCUT2D eigenvalue weighted by molar-refractivity contribution is -0.132. The minimum atomic E-state index is -0.594. The molecular formula is C23H27FN4O3S. The Morgan fingerprint density at radius 1 is 1.31 bits per heavy atom. The number of hydrogen-bond donors (Lipinski definition) is 2. The summed E-state index contributed by atoms with van der Waals surface area (Å²) in [4.78, 5) is 31.5. The van der Waals surface area contributed by atoms with Gasteiger partial charge in [0.25, 0.3) is 5.91 Å². The highest BCUT2D eigenvalue weighted by Gasteiger charge is 2.40. The average Bonchev–Trinajstić information content (AvgIpc) is 3.53. The first-order chi connectivity index (χ1) is 15.5. The van der Waals surface area contributed by atoms with E-state index in [0.717, 1.165) is 24.8 Å². The van der Waals surface area contributed by atoms with Crippen molar-refractivity contribution < 1.29 is 18.8 Å². The molecule has 2 aromatic rings. The zero-order valence-corrected chi connectivity index (χ0v) is 18.8. The van der Waals surface area contributed by atoms with Crippen LogP contribution in [0.5, 0.6) is 0 Å². The lowest BCUT2D eigenvalue weighted by atomic mass is 9.93. The summed E-state index contributed by atoms with van der Waals surface area (Å²) < 4.78 is 16.2. The third kappa shape index (κ3) is 5.28. The standard InChI is InChI=1S/C23H27FN4O3S/c1-31-26-21(29)14-28-11-8-17(25-28)12-16-13-27(10-9-20(16)32)22(23(30)15-6-7-15)18-4-2-3-5-19(18)24/h2-5,8,11-12,15,20,22,32H,6-7,9-10,13-14H2,1H3,(H,26,29). The van der Waals surface area contributed by atoms with Crippen molar-refractivity contribution in [3.8, 4) is 0 Å². The van der Waals surface area contributed by atoms with Gasteiger partial charge in [-0.1, -0.05) is 18.2 Å². The first-order valence-corrected chi connectivity index (χ1v) is 11.2. The summed E-state index contributed by atoms with van der Waals surface area (Å²) in [6.45, 7) is 1.20. The molecule has 2 fully saturated rings. The zero-order valence-electron chi connectivity index (χ0n) is 17.9. The van der Waals surface area contributed by atoms with Crippen molar-refractivity contribution in [1.82, 2.24) is 20.2 Å². The van der Waals surface area contributed by atoms with Crippen molar-refractivity contribution in [2.75, 3.05) is 20.2 Å². The number of nitrogens with one attached hydrogen (secondary N) is 1. The predicted molar refractivity (Wildman–Crippen MR) is 121 cm³/mol. The van der Waals surface area contributed by atoms with Crippen LogP contribution < -0.4 is 5.48 Å². The molecule has 4 rings (SSSR count). The Kier molecular flexibility index (Phi) is 7.07. The third-order valence-corrected chi connectivity index (χ3v) is 6.42. The Hall–Kier alpha value is -2.49. The molecule has 1 aromatic carbocycles. The number of nitrogens with zero attached hydrogens (tertiary/aromatic N) is 3. The van der Waals surface area contributed by atoms with Crippen molar-refractivity contribution in [2.45, 2.75) is 37.1 Å². The van der Waals surface area contributed by atoms with E-state index in [0.29, 0.717) is 24.3 Å². The van der Waals surface area contributed by atoms with Crippen LogP contribution in [-0.2, 0) is 21.0 Å². The van der Waals surface area contributed by atoms with Gasteiger partial charge in [-0.2, -0.15) is 17.7 Å². The number of amides is 1. The first kappa shape index (κ1) is 22.7. The minimum absolute atomic E-state index is 0.0190. The Labute approximate surface area is 192 Å². The second-order valence-electron chi connectivity index (χ2n) is 8.26. The number of hydroxylamine groups is 1. The fourth-order valence-electron chi connectivity index (χ4n) is 4.10. The SMILES string of the molecule is CONC(=O)Cn1ccc(C=C2CN(C(C(=O)C3CC3)c3ccccc3F)CCC2S)n1. The Morgan fingerprint density at radius 2 is 2.09 bits per heavy atom. The molecule has 2 unspecified atom stereocenters. The number of benzene rings is 1. The van der Waals surface area contributed by atoms with Crippen LogP contribution in [0.2, 0.25) is 0 Å². The highest BCUT2D eigenvalue weighted by Crippen LogP contribution is 2.39. The van der Waals surface area contributed by atoms with Crippen molar-refractivity contribution >= 4 is 30.4 Å². The van der Waals surface area contributed by atoms with E-state index in [4.69, 9.17) is 12.6 Å². The van der Waals surface area contributed by atoms with Crippen LogP contribution in [-0.4, -0.2) is 51.8 Å². The van der Waals surface area contributed by atoms with E-state index in [-0.39, 0.29) is 35.2 Å². The van der Waals surface area contributed by atoms with E-state index >= 15 is 0 Å². The van der Waals surface area contributed by atoms with Crippen LogP contribution in [0.3, 0.4) is 0 Å². The van der Waals surface area contributed by atoms with E-state index in [2.05, 4.69) is 20.3 Å². The highest BCUT2D eigenvalue weighted by molar-refractivity contribution is 7.81. The molecule has 2 atom stereocenters. The van der Waals surface area contributed by atoms with Gasteiger partial charge < -0.3 is 0 Å². The maximum Gasteiger partial charge on any atom is 0.265 e. The molecule has 1 amide bonds. The number of piperidine rings is 1. The molecule has 2 heterocycles. The first-order valence-electron chi connectivity index (χ1n) is 10.7. The maximum atomic E-state index is 14.7. The fourth-order valence-corrected chi connectivity index (χ4v) is 4.37. The van der Waals surface area contributed by atoms with Gasteiger partial charge in [0.1, 0.15) is 12.4 Å². The second-order valence-corrected chi connectivity index (χ2v) is 8.89. The summed E-state index contributed by atoms with van der Waals surface area (Å²) in [5.74, 6) is -0.537. The molecule has 170 valence electrons. The number of Topliss-reactive ketones (excluding diaryl/α,β-unsaturated/α-hetero) is 1. The largest absolute Gasteiger partial charge is 0.297 e. The Balaban J connectivity index is 1.55. The topological polar surface area (TPSA) is 76.5 Å². The summed E-state index contributed by atoms with van der Waals surface area (Å²) in [6, 6.07) is 7.77. The number of carbonyl (C=O) groups excluding carboxylic acids is 2.